The van der Waals surface area contributed by atoms with Crippen LogP contribution in [-0.4, -0.2) is 58.2 Å². The number of rotatable bonds is 5. The zero-order valence-electron chi connectivity index (χ0n) is 14.3. The summed E-state index contributed by atoms with van der Waals surface area (Å²) in [5.74, 6) is -0.204. The molecule has 1 saturated heterocycles. The maximum atomic E-state index is 12.6. The number of carbonyl (C=O) groups is 1. The highest BCUT2D eigenvalue weighted by Crippen LogP contribution is 2.27. The highest BCUT2D eigenvalue weighted by Gasteiger charge is 2.33. The highest BCUT2D eigenvalue weighted by molar-refractivity contribution is 5.76. The number of hydrogen-bond acceptors (Lipinski definition) is 3. The molecular formula is C18H21F3N4O. The minimum atomic E-state index is -4.49. The molecule has 1 aliphatic heterocycles. The van der Waals surface area contributed by atoms with E-state index in [4.69, 9.17) is 0 Å². The summed E-state index contributed by atoms with van der Waals surface area (Å²) in [5.41, 5.74) is 0.307. The lowest BCUT2D eigenvalue weighted by Crippen LogP contribution is -2.49. The van der Waals surface area contributed by atoms with Crippen molar-refractivity contribution < 1.29 is 18.0 Å². The van der Waals surface area contributed by atoms with Gasteiger partial charge in [0.05, 0.1) is 0 Å². The molecule has 140 valence electrons. The molecule has 0 atom stereocenters. The molecule has 5 nitrogen and oxygen atoms in total. The van der Waals surface area contributed by atoms with Crippen LogP contribution in [0.25, 0.3) is 0 Å². The van der Waals surface area contributed by atoms with E-state index in [1.54, 1.807) is 4.90 Å². The van der Waals surface area contributed by atoms with E-state index < -0.39 is 11.9 Å². The van der Waals surface area contributed by atoms with Crippen molar-refractivity contribution in [3.63, 3.8) is 0 Å². The van der Waals surface area contributed by atoms with Crippen molar-refractivity contribution in [2.24, 2.45) is 0 Å². The van der Waals surface area contributed by atoms with Gasteiger partial charge in [0, 0.05) is 38.9 Å². The lowest BCUT2D eigenvalue weighted by molar-refractivity contribution is -0.142. The number of carbonyl (C=O) groups excluding carboxylic acids is 1. The number of alkyl halides is 3. The Morgan fingerprint density at radius 2 is 1.73 bits per heavy atom. The van der Waals surface area contributed by atoms with Gasteiger partial charge in [-0.3, -0.25) is 14.4 Å². The van der Waals surface area contributed by atoms with Crippen molar-refractivity contribution in [1.82, 2.24) is 19.6 Å². The van der Waals surface area contributed by atoms with Gasteiger partial charge in [0.25, 0.3) is 0 Å². The van der Waals surface area contributed by atoms with Crippen LogP contribution in [0.3, 0.4) is 0 Å². The van der Waals surface area contributed by atoms with Crippen molar-refractivity contribution in [3.8, 4) is 0 Å². The van der Waals surface area contributed by atoms with Crippen LogP contribution in [-0.2, 0) is 23.9 Å². The molecule has 1 fully saturated rings. The normalized spacial score (nSPS) is 16.0. The number of amides is 1. The van der Waals surface area contributed by atoms with Gasteiger partial charge in [0.1, 0.15) is 6.54 Å². The van der Waals surface area contributed by atoms with Crippen molar-refractivity contribution in [2.45, 2.75) is 19.1 Å². The highest BCUT2D eigenvalue weighted by atomic mass is 19.4. The van der Waals surface area contributed by atoms with Crippen molar-refractivity contribution in [1.29, 1.82) is 0 Å². The molecule has 0 bridgehead atoms. The van der Waals surface area contributed by atoms with E-state index in [1.807, 2.05) is 18.2 Å². The third kappa shape index (κ3) is 4.85. The molecule has 2 heterocycles. The summed E-state index contributed by atoms with van der Waals surface area (Å²) < 4.78 is 38.7. The number of aromatic nitrogens is 2. The summed E-state index contributed by atoms with van der Waals surface area (Å²) in [7, 11) is 0. The Kier molecular flexibility index (Phi) is 5.61. The summed E-state index contributed by atoms with van der Waals surface area (Å²) in [5, 5.41) is 3.43. The molecule has 8 heteroatoms. The monoisotopic (exact) mass is 366 g/mol. The van der Waals surface area contributed by atoms with E-state index in [9.17, 15) is 18.0 Å². The Labute approximate surface area is 150 Å². The topological polar surface area (TPSA) is 41.4 Å². The van der Waals surface area contributed by atoms with Crippen LogP contribution in [0, 0.1) is 0 Å². The first kappa shape index (κ1) is 18.4. The predicted octanol–water partition coefficient (Wildman–Crippen LogP) is 2.29. The maximum Gasteiger partial charge on any atom is 0.435 e. The fourth-order valence-corrected chi connectivity index (χ4v) is 2.99. The Morgan fingerprint density at radius 1 is 1.04 bits per heavy atom. The van der Waals surface area contributed by atoms with E-state index in [1.165, 1.54) is 11.8 Å². The number of halogens is 3. The molecule has 0 unspecified atom stereocenters. The van der Waals surface area contributed by atoms with Crippen LogP contribution >= 0.6 is 0 Å². The van der Waals surface area contributed by atoms with E-state index in [2.05, 4.69) is 22.1 Å². The molecule has 1 amide bonds. The molecule has 1 aliphatic rings. The van der Waals surface area contributed by atoms with Gasteiger partial charge in [0.2, 0.25) is 5.91 Å². The first-order valence-corrected chi connectivity index (χ1v) is 8.56. The number of hydrogen-bond donors (Lipinski definition) is 0. The third-order valence-corrected chi connectivity index (χ3v) is 4.51. The standard InChI is InChI=1S/C18H21F3N4O/c19-18(20,21)16-7-9-25(22-16)14-17(26)24-12-10-23(11-13-24)8-6-15-4-2-1-3-5-15/h1-5,7,9H,6,8,10-14H2. The van der Waals surface area contributed by atoms with Crippen molar-refractivity contribution >= 4 is 5.91 Å². The van der Waals surface area contributed by atoms with E-state index in [0.717, 1.165) is 36.8 Å². The van der Waals surface area contributed by atoms with E-state index in [-0.39, 0.29) is 12.5 Å². The van der Waals surface area contributed by atoms with E-state index in [0.29, 0.717) is 13.1 Å². The fraction of sp³-hybridized carbons (Fsp3) is 0.444. The summed E-state index contributed by atoms with van der Waals surface area (Å²) in [6, 6.07) is 11.1. The third-order valence-electron chi connectivity index (χ3n) is 4.51. The molecule has 26 heavy (non-hydrogen) atoms. The Bertz CT molecular complexity index is 722. The molecule has 0 saturated carbocycles. The second kappa shape index (κ2) is 7.90. The van der Waals surface area contributed by atoms with Crippen LogP contribution in [0.2, 0.25) is 0 Å². The van der Waals surface area contributed by atoms with E-state index >= 15 is 0 Å². The quantitative estimate of drug-likeness (QED) is 0.815. The van der Waals surface area contributed by atoms with Gasteiger partial charge in [-0.1, -0.05) is 30.3 Å². The molecule has 0 spiro atoms. The minimum Gasteiger partial charge on any atom is -0.339 e. The zero-order valence-corrected chi connectivity index (χ0v) is 14.3. The minimum absolute atomic E-state index is 0.167. The summed E-state index contributed by atoms with van der Waals surface area (Å²) in [6.07, 6.45) is -2.34. The second-order valence-electron chi connectivity index (χ2n) is 6.35. The maximum absolute atomic E-state index is 12.6. The average molecular weight is 366 g/mol. The fourth-order valence-electron chi connectivity index (χ4n) is 2.99. The molecule has 2 aromatic rings. The van der Waals surface area contributed by atoms with Crippen molar-refractivity contribution in [3.05, 3.63) is 53.9 Å². The number of piperazine rings is 1. The largest absolute Gasteiger partial charge is 0.435 e. The Balaban J connectivity index is 1.44. The zero-order chi connectivity index (χ0) is 18.6. The van der Waals surface area contributed by atoms with Crippen LogP contribution in [0.5, 0.6) is 0 Å². The number of benzene rings is 1. The molecule has 1 aromatic heterocycles. The van der Waals surface area contributed by atoms with Crippen LogP contribution < -0.4 is 0 Å². The van der Waals surface area contributed by atoms with Crippen LogP contribution in [0.4, 0.5) is 13.2 Å². The summed E-state index contributed by atoms with van der Waals surface area (Å²) in [4.78, 5) is 16.3. The predicted molar refractivity (Wildman–Crippen MR) is 90.4 cm³/mol. The van der Waals surface area contributed by atoms with Gasteiger partial charge in [-0.15, -0.1) is 0 Å². The molecule has 0 aliphatic carbocycles. The van der Waals surface area contributed by atoms with Gasteiger partial charge in [0.15, 0.2) is 5.69 Å². The van der Waals surface area contributed by atoms with Crippen molar-refractivity contribution in [2.75, 3.05) is 32.7 Å². The van der Waals surface area contributed by atoms with Crippen LogP contribution in [0.15, 0.2) is 42.6 Å². The van der Waals surface area contributed by atoms with Gasteiger partial charge < -0.3 is 4.90 Å². The van der Waals surface area contributed by atoms with Gasteiger partial charge in [-0.05, 0) is 18.1 Å². The lowest BCUT2D eigenvalue weighted by Gasteiger charge is -2.34. The molecule has 0 N–H and O–H groups in total. The lowest BCUT2D eigenvalue weighted by atomic mass is 10.1. The average Bonchev–Trinajstić information content (AvgIpc) is 3.10. The Hall–Kier alpha value is -2.35. The summed E-state index contributed by atoms with van der Waals surface area (Å²) >= 11 is 0. The van der Waals surface area contributed by atoms with Gasteiger partial charge in [-0.2, -0.15) is 18.3 Å². The SMILES string of the molecule is O=C(Cn1ccc(C(F)(F)F)n1)N1CCN(CCc2ccccc2)CC1. The molecule has 3 rings (SSSR count). The van der Waals surface area contributed by atoms with Crippen LogP contribution in [0.1, 0.15) is 11.3 Å². The second-order valence-corrected chi connectivity index (χ2v) is 6.35. The summed E-state index contributed by atoms with van der Waals surface area (Å²) in [6.45, 7) is 3.47. The number of nitrogens with zero attached hydrogens (tertiary/aromatic N) is 4. The first-order chi connectivity index (χ1) is 12.4. The first-order valence-electron chi connectivity index (χ1n) is 8.56. The molecular weight excluding hydrogens is 345 g/mol. The smallest absolute Gasteiger partial charge is 0.339 e. The Morgan fingerprint density at radius 3 is 2.35 bits per heavy atom. The molecule has 1 aromatic carbocycles. The molecule has 0 radical (unpaired) electrons. The van der Waals surface area contributed by atoms with Gasteiger partial charge in [-0.25, -0.2) is 0 Å². The van der Waals surface area contributed by atoms with Gasteiger partial charge >= 0.3 is 6.18 Å².